The van der Waals surface area contributed by atoms with Gasteiger partial charge in [-0.25, -0.2) is 9.37 Å². The number of nitrogens with zero attached hydrogens (tertiary/aromatic N) is 2. The van der Waals surface area contributed by atoms with Gasteiger partial charge in [0.2, 0.25) is 17.7 Å². The molecule has 0 aliphatic carbocycles. The van der Waals surface area contributed by atoms with E-state index in [0.717, 1.165) is 5.69 Å². The van der Waals surface area contributed by atoms with Crippen LogP contribution < -0.4 is 15.5 Å². The van der Waals surface area contributed by atoms with Gasteiger partial charge in [-0.1, -0.05) is 0 Å². The Kier molecular flexibility index (Phi) is 5.80. The molecular formula is C18H19FN4O3S. The Bertz CT molecular complexity index is 853. The van der Waals surface area contributed by atoms with E-state index in [1.807, 2.05) is 12.3 Å². The third-order valence-electron chi connectivity index (χ3n) is 4.15. The van der Waals surface area contributed by atoms with Crippen LogP contribution in [-0.4, -0.2) is 35.8 Å². The Morgan fingerprint density at radius 3 is 2.74 bits per heavy atom. The second-order valence-electron chi connectivity index (χ2n) is 6.27. The molecule has 0 saturated carbocycles. The van der Waals surface area contributed by atoms with E-state index in [-0.39, 0.29) is 49.5 Å². The maximum Gasteiger partial charge on any atom is 0.227 e. The van der Waals surface area contributed by atoms with Crippen LogP contribution in [0.2, 0.25) is 0 Å². The Hall–Kier alpha value is -2.81. The highest BCUT2D eigenvalue weighted by molar-refractivity contribution is 7.13. The van der Waals surface area contributed by atoms with Crippen LogP contribution in [0.5, 0.6) is 0 Å². The van der Waals surface area contributed by atoms with Gasteiger partial charge in [0.25, 0.3) is 0 Å². The lowest BCUT2D eigenvalue weighted by atomic mass is 10.1. The van der Waals surface area contributed by atoms with Crippen molar-refractivity contribution in [2.75, 3.05) is 23.3 Å². The van der Waals surface area contributed by atoms with Gasteiger partial charge in [-0.3, -0.25) is 14.4 Å². The number of hydrogen-bond donors (Lipinski definition) is 2. The number of benzene rings is 1. The van der Waals surface area contributed by atoms with Gasteiger partial charge in [-0.2, -0.15) is 0 Å². The summed E-state index contributed by atoms with van der Waals surface area (Å²) < 4.78 is 13.0. The van der Waals surface area contributed by atoms with Crippen LogP contribution in [0.15, 0.2) is 29.6 Å². The molecule has 2 aromatic rings. The smallest absolute Gasteiger partial charge is 0.227 e. The Morgan fingerprint density at radius 1 is 1.33 bits per heavy atom. The fourth-order valence-corrected chi connectivity index (χ4v) is 3.49. The highest BCUT2D eigenvalue weighted by Crippen LogP contribution is 2.25. The van der Waals surface area contributed by atoms with Crippen LogP contribution >= 0.6 is 11.3 Å². The Labute approximate surface area is 159 Å². The largest absolute Gasteiger partial charge is 0.355 e. The van der Waals surface area contributed by atoms with Crippen molar-refractivity contribution in [1.82, 2.24) is 10.3 Å². The molecular weight excluding hydrogens is 371 g/mol. The first kappa shape index (κ1) is 19.0. The zero-order valence-corrected chi connectivity index (χ0v) is 15.5. The molecule has 27 heavy (non-hydrogen) atoms. The topological polar surface area (TPSA) is 91.4 Å². The van der Waals surface area contributed by atoms with Crippen LogP contribution in [-0.2, 0) is 14.4 Å². The van der Waals surface area contributed by atoms with Crippen molar-refractivity contribution in [2.24, 2.45) is 5.92 Å². The van der Waals surface area contributed by atoms with E-state index in [2.05, 4.69) is 15.6 Å². The van der Waals surface area contributed by atoms with Gasteiger partial charge in [0.05, 0.1) is 11.6 Å². The van der Waals surface area contributed by atoms with Gasteiger partial charge < -0.3 is 15.5 Å². The van der Waals surface area contributed by atoms with Crippen LogP contribution in [0.1, 0.15) is 18.5 Å². The van der Waals surface area contributed by atoms with Gasteiger partial charge in [-0.15, -0.1) is 11.3 Å². The van der Waals surface area contributed by atoms with E-state index in [9.17, 15) is 18.8 Å². The average Bonchev–Trinajstić information content (AvgIpc) is 3.21. The summed E-state index contributed by atoms with van der Waals surface area (Å²) in [5.74, 6) is -1.57. The molecule has 142 valence electrons. The lowest BCUT2D eigenvalue weighted by Crippen LogP contribution is -2.34. The first-order valence-electron chi connectivity index (χ1n) is 8.48. The summed E-state index contributed by atoms with van der Waals surface area (Å²) in [6.07, 6.45) is 0.209. The number of rotatable bonds is 6. The molecule has 3 amide bonds. The van der Waals surface area contributed by atoms with Crippen LogP contribution in [0, 0.1) is 18.7 Å². The maximum atomic E-state index is 13.0. The number of carbonyl (C=O) groups excluding carboxylic acids is 3. The van der Waals surface area contributed by atoms with Crippen molar-refractivity contribution < 1.29 is 18.8 Å². The zero-order chi connectivity index (χ0) is 19.4. The maximum absolute atomic E-state index is 13.0. The molecule has 1 fully saturated rings. The van der Waals surface area contributed by atoms with E-state index in [0.29, 0.717) is 10.8 Å². The minimum Gasteiger partial charge on any atom is -0.355 e. The summed E-state index contributed by atoms with van der Waals surface area (Å²) >= 11 is 1.34. The lowest BCUT2D eigenvalue weighted by molar-refractivity contribution is -0.126. The molecule has 9 heteroatoms. The van der Waals surface area contributed by atoms with Gasteiger partial charge in [0.15, 0.2) is 5.13 Å². The lowest BCUT2D eigenvalue weighted by Gasteiger charge is -2.16. The highest BCUT2D eigenvalue weighted by Gasteiger charge is 2.35. The summed E-state index contributed by atoms with van der Waals surface area (Å²) in [6.45, 7) is 2.25. The van der Waals surface area contributed by atoms with Crippen molar-refractivity contribution in [2.45, 2.75) is 19.8 Å². The van der Waals surface area contributed by atoms with Crippen molar-refractivity contribution in [3.8, 4) is 0 Å². The summed E-state index contributed by atoms with van der Waals surface area (Å²) in [5, 5.41) is 7.73. The molecule has 3 rings (SSSR count). The zero-order valence-electron chi connectivity index (χ0n) is 14.7. The number of amides is 3. The normalized spacial score (nSPS) is 16.4. The fourth-order valence-electron chi connectivity index (χ4n) is 2.79. The molecule has 2 heterocycles. The van der Waals surface area contributed by atoms with Gasteiger partial charge >= 0.3 is 0 Å². The van der Waals surface area contributed by atoms with Crippen LogP contribution in [0.4, 0.5) is 15.2 Å². The standard InChI is InChI=1S/C18H19FN4O3S/c1-11-10-27-18(21-11)22-15(24)6-7-20-17(26)12-8-16(25)23(9-12)14-4-2-13(19)3-5-14/h2-5,10,12H,6-9H2,1H3,(H,20,26)(H,21,22,24)/t12-/m0/s1. The number of hydrogen-bond acceptors (Lipinski definition) is 5. The molecule has 1 aliphatic rings. The van der Waals surface area contributed by atoms with E-state index in [1.54, 1.807) is 0 Å². The van der Waals surface area contributed by atoms with Gasteiger partial charge in [0, 0.05) is 37.0 Å². The minimum absolute atomic E-state index is 0.0911. The van der Waals surface area contributed by atoms with Crippen LogP contribution in [0.25, 0.3) is 0 Å². The number of carbonyl (C=O) groups is 3. The second-order valence-corrected chi connectivity index (χ2v) is 7.12. The summed E-state index contributed by atoms with van der Waals surface area (Å²) in [4.78, 5) is 41.9. The molecule has 1 aromatic heterocycles. The van der Waals surface area contributed by atoms with Crippen molar-refractivity contribution in [3.63, 3.8) is 0 Å². The molecule has 2 N–H and O–H groups in total. The molecule has 1 saturated heterocycles. The van der Waals surface area contributed by atoms with E-state index >= 15 is 0 Å². The van der Waals surface area contributed by atoms with Crippen LogP contribution in [0.3, 0.4) is 0 Å². The third-order valence-corrected chi connectivity index (χ3v) is 5.03. The molecule has 1 aromatic carbocycles. The monoisotopic (exact) mass is 390 g/mol. The molecule has 7 nitrogen and oxygen atoms in total. The molecule has 0 unspecified atom stereocenters. The molecule has 1 aliphatic heterocycles. The predicted molar refractivity (Wildman–Crippen MR) is 100.0 cm³/mol. The first-order chi connectivity index (χ1) is 12.9. The van der Waals surface area contributed by atoms with E-state index < -0.39 is 5.92 Å². The number of halogens is 1. The van der Waals surface area contributed by atoms with Gasteiger partial charge in [0.1, 0.15) is 5.82 Å². The third kappa shape index (κ3) is 4.88. The number of nitrogens with one attached hydrogen (secondary N) is 2. The fraction of sp³-hybridized carbons (Fsp3) is 0.333. The predicted octanol–water partition coefficient (Wildman–Crippen LogP) is 2.09. The summed E-state index contributed by atoms with van der Waals surface area (Å²) in [6, 6.07) is 5.58. The number of aromatic nitrogens is 1. The molecule has 0 bridgehead atoms. The first-order valence-corrected chi connectivity index (χ1v) is 9.36. The van der Waals surface area contributed by atoms with E-state index in [1.165, 1.54) is 40.5 Å². The van der Waals surface area contributed by atoms with Crippen molar-refractivity contribution in [3.05, 3.63) is 41.2 Å². The molecule has 0 spiro atoms. The van der Waals surface area contributed by atoms with E-state index in [4.69, 9.17) is 0 Å². The van der Waals surface area contributed by atoms with Crippen molar-refractivity contribution in [1.29, 1.82) is 0 Å². The van der Waals surface area contributed by atoms with Gasteiger partial charge in [-0.05, 0) is 31.2 Å². The second kappa shape index (κ2) is 8.26. The highest BCUT2D eigenvalue weighted by atomic mass is 32.1. The van der Waals surface area contributed by atoms with Crippen molar-refractivity contribution >= 4 is 39.9 Å². The minimum atomic E-state index is -0.493. The Morgan fingerprint density at radius 2 is 2.07 bits per heavy atom. The summed E-state index contributed by atoms with van der Waals surface area (Å²) in [7, 11) is 0. The number of thiazole rings is 1. The quantitative estimate of drug-likeness (QED) is 0.790. The average molecular weight is 390 g/mol. The summed E-state index contributed by atoms with van der Waals surface area (Å²) in [5.41, 5.74) is 1.40. The molecule has 1 atom stereocenters. The Balaban J connectivity index is 1.45. The number of aryl methyl sites for hydroxylation is 1. The number of anilines is 2. The molecule has 0 radical (unpaired) electrons. The SMILES string of the molecule is Cc1csc(NC(=O)CCNC(=O)[C@H]2CC(=O)N(c3ccc(F)cc3)C2)n1.